The van der Waals surface area contributed by atoms with Crippen LogP contribution >= 0.6 is 0 Å². The highest BCUT2D eigenvalue weighted by molar-refractivity contribution is 5.99. The van der Waals surface area contributed by atoms with Gasteiger partial charge in [0.1, 0.15) is 6.04 Å². The van der Waals surface area contributed by atoms with Gasteiger partial charge in [-0.25, -0.2) is 4.79 Å². The van der Waals surface area contributed by atoms with E-state index in [0.717, 1.165) is 0 Å². The van der Waals surface area contributed by atoms with Crippen molar-refractivity contribution < 1.29 is 19.1 Å². The van der Waals surface area contributed by atoms with Gasteiger partial charge in [-0.2, -0.15) is 0 Å². The molecule has 0 fully saturated rings. The lowest BCUT2D eigenvalue weighted by Crippen LogP contribution is -2.44. The molecule has 6 nitrogen and oxygen atoms in total. The summed E-state index contributed by atoms with van der Waals surface area (Å²) in [5.74, 6) is 0.790. The Bertz CT molecular complexity index is 604. The van der Waals surface area contributed by atoms with E-state index < -0.39 is 23.8 Å². The summed E-state index contributed by atoms with van der Waals surface area (Å²) in [6.07, 6.45) is 6.58. The Balaban J connectivity index is 2.79. The van der Waals surface area contributed by atoms with Crippen LogP contribution in [0.15, 0.2) is 24.3 Å². The zero-order chi connectivity index (χ0) is 16.5. The largest absolute Gasteiger partial charge is 0.465 e. The van der Waals surface area contributed by atoms with E-state index >= 15 is 0 Å². The van der Waals surface area contributed by atoms with Crippen LogP contribution in [0.5, 0.6) is 0 Å². The molecule has 0 spiro atoms. The van der Waals surface area contributed by atoms with E-state index in [1.54, 1.807) is 6.07 Å². The predicted octanol–water partition coefficient (Wildman–Crippen LogP) is 0.860. The lowest BCUT2D eigenvalue weighted by atomic mass is 10.1. The van der Waals surface area contributed by atoms with Gasteiger partial charge in [0.15, 0.2) is 0 Å². The second kappa shape index (κ2) is 8.47. The topological polar surface area (TPSA) is 98.5 Å². The van der Waals surface area contributed by atoms with E-state index in [-0.39, 0.29) is 11.1 Å². The van der Waals surface area contributed by atoms with Crippen LogP contribution in [0.3, 0.4) is 0 Å². The molecule has 22 heavy (non-hydrogen) atoms. The van der Waals surface area contributed by atoms with Crippen molar-refractivity contribution >= 4 is 17.8 Å². The summed E-state index contributed by atoms with van der Waals surface area (Å²) in [5, 5.41) is 2.54. The smallest absolute Gasteiger partial charge is 0.337 e. The Labute approximate surface area is 129 Å². The van der Waals surface area contributed by atoms with E-state index in [0.29, 0.717) is 19.3 Å². The number of benzene rings is 1. The number of carbonyl (C=O) groups is 3. The minimum atomic E-state index is -0.803. The molecule has 1 aromatic carbocycles. The van der Waals surface area contributed by atoms with Gasteiger partial charge in [-0.15, -0.1) is 12.3 Å². The van der Waals surface area contributed by atoms with Crippen molar-refractivity contribution in [2.75, 3.05) is 7.11 Å². The van der Waals surface area contributed by atoms with Crippen molar-refractivity contribution in [2.45, 2.75) is 25.3 Å². The highest BCUT2D eigenvalue weighted by Crippen LogP contribution is 2.08. The van der Waals surface area contributed by atoms with Gasteiger partial charge in [0, 0.05) is 12.0 Å². The number of hydrogen-bond acceptors (Lipinski definition) is 4. The molecule has 0 aliphatic heterocycles. The van der Waals surface area contributed by atoms with Crippen molar-refractivity contribution in [2.24, 2.45) is 5.73 Å². The number of ether oxygens (including phenoxy) is 1. The first kappa shape index (κ1) is 17.2. The van der Waals surface area contributed by atoms with Crippen LogP contribution in [-0.2, 0) is 9.53 Å². The molecule has 2 amide bonds. The SMILES string of the molecule is C#CCCC[C@H](NC(=O)c1cccc(C(=O)OC)c1)C(N)=O. The molecule has 0 aromatic heterocycles. The van der Waals surface area contributed by atoms with E-state index in [2.05, 4.69) is 16.0 Å². The molecule has 1 rings (SSSR count). The minimum absolute atomic E-state index is 0.242. The number of nitrogens with one attached hydrogen (secondary N) is 1. The summed E-state index contributed by atoms with van der Waals surface area (Å²) in [4.78, 5) is 35.0. The number of hydrogen-bond donors (Lipinski definition) is 2. The van der Waals surface area contributed by atoms with Gasteiger partial charge in [0.2, 0.25) is 5.91 Å². The summed E-state index contributed by atoms with van der Waals surface area (Å²) >= 11 is 0. The Hall–Kier alpha value is -2.81. The highest BCUT2D eigenvalue weighted by atomic mass is 16.5. The Morgan fingerprint density at radius 3 is 2.64 bits per heavy atom. The summed E-state index contributed by atoms with van der Waals surface area (Å²) < 4.78 is 4.59. The number of methoxy groups -OCH3 is 1. The Morgan fingerprint density at radius 2 is 2.05 bits per heavy atom. The van der Waals surface area contributed by atoms with Crippen molar-refractivity contribution in [1.82, 2.24) is 5.32 Å². The van der Waals surface area contributed by atoms with Crippen LogP contribution < -0.4 is 11.1 Å². The molecule has 0 saturated carbocycles. The van der Waals surface area contributed by atoms with E-state index in [9.17, 15) is 14.4 Å². The Kier molecular flexibility index (Phi) is 6.64. The van der Waals surface area contributed by atoms with Crippen LogP contribution in [0.1, 0.15) is 40.0 Å². The van der Waals surface area contributed by atoms with Crippen molar-refractivity contribution in [3.8, 4) is 12.3 Å². The summed E-state index contributed by atoms with van der Waals surface area (Å²) in [6, 6.07) is 5.20. The molecule has 0 aliphatic rings. The average Bonchev–Trinajstić information content (AvgIpc) is 2.53. The molecule has 0 aliphatic carbocycles. The zero-order valence-corrected chi connectivity index (χ0v) is 12.3. The van der Waals surface area contributed by atoms with Crippen LogP contribution in [-0.4, -0.2) is 30.9 Å². The highest BCUT2D eigenvalue weighted by Gasteiger charge is 2.19. The van der Waals surface area contributed by atoms with Gasteiger partial charge in [-0.1, -0.05) is 6.07 Å². The van der Waals surface area contributed by atoms with Crippen molar-refractivity contribution in [1.29, 1.82) is 0 Å². The molecular formula is C16H18N2O4. The summed E-state index contributed by atoms with van der Waals surface area (Å²) in [7, 11) is 1.25. The predicted molar refractivity (Wildman–Crippen MR) is 80.9 cm³/mol. The van der Waals surface area contributed by atoms with Crippen LogP contribution in [0.4, 0.5) is 0 Å². The lowest BCUT2D eigenvalue weighted by Gasteiger charge is -2.15. The lowest BCUT2D eigenvalue weighted by molar-refractivity contribution is -0.120. The molecule has 1 aromatic rings. The molecule has 116 valence electrons. The fourth-order valence-electron chi connectivity index (χ4n) is 1.84. The molecular weight excluding hydrogens is 284 g/mol. The molecule has 6 heteroatoms. The standard InChI is InChI=1S/C16H18N2O4/c1-3-4-5-9-13(14(17)19)18-15(20)11-7-6-8-12(10-11)16(21)22-2/h1,6-8,10,13H,4-5,9H2,2H3,(H2,17,19)(H,18,20)/t13-/m0/s1. The van der Waals surface area contributed by atoms with E-state index in [1.807, 2.05) is 0 Å². The first-order chi connectivity index (χ1) is 10.5. The zero-order valence-electron chi connectivity index (χ0n) is 12.3. The maximum Gasteiger partial charge on any atom is 0.337 e. The number of nitrogens with two attached hydrogens (primary N) is 1. The first-order valence-electron chi connectivity index (χ1n) is 6.71. The molecule has 0 saturated heterocycles. The summed E-state index contributed by atoms with van der Waals surface area (Å²) in [5.41, 5.74) is 5.76. The van der Waals surface area contributed by atoms with Gasteiger partial charge < -0.3 is 15.8 Å². The molecule has 0 radical (unpaired) electrons. The number of esters is 1. The number of rotatable bonds is 7. The molecule has 0 heterocycles. The fraction of sp³-hybridized carbons (Fsp3) is 0.312. The number of unbranched alkanes of at least 4 members (excludes halogenated alkanes) is 1. The van der Waals surface area contributed by atoms with E-state index in [4.69, 9.17) is 12.2 Å². The van der Waals surface area contributed by atoms with Gasteiger partial charge in [-0.05, 0) is 31.0 Å². The molecule has 1 atom stereocenters. The maximum absolute atomic E-state index is 12.1. The normalized spacial score (nSPS) is 11.1. The minimum Gasteiger partial charge on any atom is -0.465 e. The van der Waals surface area contributed by atoms with E-state index in [1.165, 1.54) is 25.3 Å². The third-order valence-corrected chi connectivity index (χ3v) is 3.01. The monoisotopic (exact) mass is 302 g/mol. The van der Waals surface area contributed by atoms with Gasteiger partial charge in [-0.3, -0.25) is 9.59 Å². The number of amides is 2. The van der Waals surface area contributed by atoms with Crippen molar-refractivity contribution in [3.05, 3.63) is 35.4 Å². The van der Waals surface area contributed by atoms with Crippen LogP contribution in [0, 0.1) is 12.3 Å². The van der Waals surface area contributed by atoms with Crippen LogP contribution in [0.2, 0.25) is 0 Å². The third kappa shape index (κ3) is 4.94. The van der Waals surface area contributed by atoms with Crippen LogP contribution in [0.25, 0.3) is 0 Å². The molecule has 0 bridgehead atoms. The Morgan fingerprint density at radius 1 is 1.36 bits per heavy atom. The third-order valence-electron chi connectivity index (χ3n) is 3.01. The number of carbonyl (C=O) groups excluding carboxylic acids is 3. The first-order valence-corrected chi connectivity index (χ1v) is 6.71. The maximum atomic E-state index is 12.1. The van der Waals surface area contributed by atoms with Gasteiger partial charge >= 0.3 is 5.97 Å². The number of primary amides is 1. The second-order valence-corrected chi connectivity index (χ2v) is 4.60. The molecule has 0 unspecified atom stereocenters. The fourth-order valence-corrected chi connectivity index (χ4v) is 1.84. The van der Waals surface area contributed by atoms with Crippen molar-refractivity contribution in [3.63, 3.8) is 0 Å². The van der Waals surface area contributed by atoms with Gasteiger partial charge in [0.05, 0.1) is 12.7 Å². The quantitative estimate of drug-likeness (QED) is 0.443. The summed E-state index contributed by atoms with van der Waals surface area (Å²) in [6.45, 7) is 0. The number of terminal acetylenes is 1. The van der Waals surface area contributed by atoms with Gasteiger partial charge in [0.25, 0.3) is 5.91 Å². The molecule has 3 N–H and O–H groups in total. The second-order valence-electron chi connectivity index (χ2n) is 4.60. The average molecular weight is 302 g/mol.